The molecular weight excluding hydrogens is 685 g/mol. The van der Waals surface area contributed by atoms with Gasteiger partial charge in [0.05, 0.1) is 0 Å². The molecule has 0 radical (unpaired) electrons. The summed E-state index contributed by atoms with van der Waals surface area (Å²) in [6, 6.07) is 10.2. The highest BCUT2D eigenvalue weighted by molar-refractivity contribution is 9.10. The first-order valence-corrected chi connectivity index (χ1v) is 16.0. The van der Waals surface area contributed by atoms with Gasteiger partial charge < -0.3 is 29.5 Å². The average Bonchev–Trinajstić information content (AvgIpc) is 2.74. The summed E-state index contributed by atoms with van der Waals surface area (Å²) in [5, 5.41) is 3.23. The first kappa shape index (κ1) is 33.5. The summed E-state index contributed by atoms with van der Waals surface area (Å²) in [4.78, 5) is 33.7. The Balaban J connectivity index is 0.000000165. The zero-order valence-electron chi connectivity index (χ0n) is 25.8. The second kappa shape index (κ2) is 12.9. The number of nitrogens with one attached hydrogen (secondary N) is 1. The van der Waals surface area contributed by atoms with Gasteiger partial charge in [-0.05, 0) is 71.9 Å². The van der Waals surface area contributed by atoms with Crippen molar-refractivity contribution in [1.82, 2.24) is 20.1 Å². The molecule has 12 heteroatoms. The Morgan fingerprint density at radius 3 is 1.72 bits per heavy atom. The third-order valence-electron chi connectivity index (χ3n) is 7.28. The molecule has 236 valence electrons. The van der Waals surface area contributed by atoms with Crippen LogP contribution in [-0.4, -0.2) is 90.5 Å². The number of carbonyl (C=O) groups is 2. The molecule has 9 nitrogen and oxygen atoms in total. The van der Waals surface area contributed by atoms with Gasteiger partial charge in [0.1, 0.15) is 22.8 Å². The maximum absolute atomic E-state index is 12.1. The average molecular weight is 728 g/mol. The largest absolute Gasteiger partial charge is 0.444 e. The number of ether oxygens (including phenoxy) is 2. The Hall–Kier alpha value is -2.44. The van der Waals surface area contributed by atoms with E-state index in [9.17, 15) is 14.0 Å². The van der Waals surface area contributed by atoms with E-state index in [4.69, 9.17) is 9.47 Å². The predicted octanol–water partition coefficient (Wildman–Crippen LogP) is 6.32. The number of amides is 2. The molecule has 2 spiro atoms. The molecule has 6 rings (SSSR count). The zero-order valence-corrected chi connectivity index (χ0v) is 28.9. The van der Waals surface area contributed by atoms with Crippen LogP contribution in [0, 0.1) is 16.6 Å². The molecule has 0 saturated carbocycles. The molecule has 1 aromatic carbocycles. The summed E-state index contributed by atoms with van der Waals surface area (Å²) in [6.07, 6.45) is 1.43. The molecule has 4 aliphatic heterocycles. The van der Waals surface area contributed by atoms with Gasteiger partial charge in [-0.15, -0.1) is 0 Å². The van der Waals surface area contributed by atoms with Crippen LogP contribution in [0.25, 0.3) is 0 Å². The lowest BCUT2D eigenvalue weighted by atomic mass is 9.73. The van der Waals surface area contributed by atoms with E-state index in [0.29, 0.717) is 5.41 Å². The number of pyridine rings is 1. The quantitative estimate of drug-likeness (QED) is 0.369. The lowest BCUT2D eigenvalue weighted by molar-refractivity contribution is -0.0554. The molecule has 1 aromatic heterocycles. The van der Waals surface area contributed by atoms with Crippen molar-refractivity contribution < 1.29 is 23.5 Å². The number of aromatic nitrogens is 1. The van der Waals surface area contributed by atoms with Crippen molar-refractivity contribution in [2.45, 2.75) is 52.7 Å². The van der Waals surface area contributed by atoms with Crippen LogP contribution in [0.2, 0.25) is 0 Å². The normalized spacial score (nSPS) is 19.3. The van der Waals surface area contributed by atoms with Crippen molar-refractivity contribution >= 4 is 49.9 Å². The maximum Gasteiger partial charge on any atom is 0.410 e. The van der Waals surface area contributed by atoms with Crippen LogP contribution in [0.15, 0.2) is 51.5 Å². The minimum absolute atomic E-state index is 0.171. The fourth-order valence-electron chi connectivity index (χ4n) is 5.29. The Labute approximate surface area is 270 Å². The molecule has 2 amide bonds. The molecule has 43 heavy (non-hydrogen) atoms. The van der Waals surface area contributed by atoms with E-state index in [0.717, 1.165) is 67.1 Å². The van der Waals surface area contributed by atoms with Crippen molar-refractivity contribution in [3.05, 3.63) is 57.4 Å². The first-order chi connectivity index (χ1) is 20.0. The molecule has 4 aliphatic rings. The minimum atomic E-state index is -0.425. The van der Waals surface area contributed by atoms with Crippen molar-refractivity contribution in [2.24, 2.45) is 10.8 Å². The molecule has 5 heterocycles. The van der Waals surface area contributed by atoms with Crippen LogP contribution in [0.1, 0.15) is 41.5 Å². The van der Waals surface area contributed by atoms with Gasteiger partial charge in [0, 0.05) is 78.3 Å². The van der Waals surface area contributed by atoms with Gasteiger partial charge in [-0.1, -0.05) is 37.9 Å². The van der Waals surface area contributed by atoms with E-state index < -0.39 is 5.60 Å². The second-order valence-electron chi connectivity index (χ2n) is 13.9. The summed E-state index contributed by atoms with van der Waals surface area (Å²) in [5.41, 5.74) is -0.179. The molecule has 2 aromatic rings. The molecule has 4 saturated heterocycles. The fraction of sp³-hybridized carbons (Fsp3) is 0.581. The molecular formula is C31H42Br2FN5O4. The molecule has 0 atom stereocenters. The van der Waals surface area contributed by atoms with Gasteiger partial charge in [0.2, 0.25) is 0 Å². The zero-order chi connectivity index (χ0) is 31.6. The van der Waals surface area contributed by atoms with Crippen LogP contribution in [-0.2, 0) is 9.47 Å². The smallest absolute Gasteiger partial charge is 0.410 e. The highest BCUT2D eigenvalue weighted by Gasteiger charge is 2.54. The highest BCUT2D eigenvalue weighted by Crippen LogP contribution is 2.42. The summed E-state index contributed by atoms with van der Waals surface area (Å²) in [7, 11) is 0. The number of hydrogen-bond donors (Lipinski definition) is 1. The highest BCUT2D eigenvalue weighted by atomic mass is 79.9. The van der Waals surface area contributed by atoms with E-state index in [1.54, 1.807) is 28.1 Å². The number of benzene rings is 1. The topological polar surface area (TPSA) is 87.2 Å². The lowest BCUT2D eigenvalue weighted by Gasteiger charge is -2.60. The van der Waals surface area contributed by atoms with Crippen LogP contribution in [0.3, 0.4) is 0 Å². The number of carbonyl (C=O) groups excluding carboxylic acids is 2. The second-order valence-corrected chi connectivity index (χ2v) is 15.7. The number of rotatable bonds is 1. The number of likely N-dealkylation sites (tertiary alicyclic amines) is 2. The summed E-state index contributed by atoms with van der Waals surface area (Å²) in [6.45, 7) is 18.6. The van der Waals surface area contributed by atoms with Crippen LogP contribution in [0.4, 0.5) is 19.8 Å². The Morgan fingerprint density at radius 2 is 1.33 bits per heavy atom. The van der Waals surface area contributed by atoms with Crippen molar-refractivity contribution in [3.8, 4) is 0 Å². The molecule has 4 fully saturated rings. The number of nitrogens with zero attached hydrogens (tertiary/aromatic N) is 4. The Kier molecular flexibility index (Phi) is 10.0. The fourth-order valence-corrected chi connectivity index (χ4v) is 5.99. The van der Waals surface area contributed by atoms with E-state index >= 15 is 0 Å². The van der Waals surface area contributed by atoms with Gasteiger partial charge in [-0.25, -0.2) is 19.0 Å². The predicted molar refractivity (Wildman–Crippen MR) is 172 cm³/mol. The minimum Gasteiger partial charge on any atom is -0.444 e. The standard InChI is InChI=1S/C15H20BrN3O2.C10H18N2O2.C6H4BrF/c1-14(2,3)21-13(20)19-9-15(10-19)7-18(8-15)12-6-11(16)4-5-17-12;1-9(2,3)14-8(13)12-6-10(7-12)4-11-5-10;7-5-2-1-3-6(8)4-5/h4-6H,7-10H2,1-3H3;11H,4-7H2,1-3H3;1-4H. The van der Waals surface area contributed by atoms with E-state index in [1.165, 1.54) is 12.1 Å². The van der Waals surface area contributed by atoms with Gasteiger partial charge in [0.25, 0.3) is 0 Å². The number of hydrogen-bond acceptors (Lipinski definition) is 7. The summed E-state index contributed by atoms with van der Waals surface area (Å²) < 4.78 is 24.6. The SMILES string of the molecule is CC(C)(C)OC(=O)N1CC2(C1)CN(c1cc(Br)ccn1)C2.CC(C)(C)OC(=O)N1CC2(CNC2)C1.Fc1cccc(Br)c1. The summed E-state index contributed by atoms with van der Waals surface area (Å²) >= 11 is 6.59. The van der Waals surface area contributed by atoms with E-state index in [-0.39, 0.29) is 29.0 Å². The van der Waals surface area contributed by atoms with Crippen molar-refractivity contribution in [1.29, 1.82) is 0 Å². The third-order valence-corrected chi connectivity index (χ3v) is 8.27. The summed E-state index contributed by atoms with van der Waals surface area (Å²) in [5.74, 6) is 0.782. The van der Waals surface area contributed by atoms with Crippen LogP contribution in [0.5, 0.6) is 0 Å². The first-order valence-electron chi connectivity index (χ1n) is 14.4. The number of anilines is 1. The van der Waals surface area contributed by atoms with Gasteiger partial charge in [-0.3, -0.25) is 0 Å². The Bertz CT molecular complexity index is 1270. The van der Waals surface area contributed by atoms with Crippen LogP contribution >= 0.6 is 31.9 Å². The van der Waals surface area contributed by atoms with E-state index in [2.05, 4.69) is 47.1 Å². The van der Waals surface area contributed by atoms with Crippen LogP contribution < -0.4 is 10.2 Å². The van der Waals surface area contributed by atoms with E-state index in [1.807, 2.05) is 53.7 Å². The molecule has 0 unspecified atom stereocenters. The van der Waals surface area contributed by atoms with Gasteiger partial charge in [-0.2, -0.15) is 0 Å². The Morgan fingerprint density at radius 1 is 0.814 bits per heavy atom. The number of halogens is 3. The molecule has 0 bridgehead atoms. The van der Waals surface area contributed by atoms with Gasteiger partial charge >= 0.3 is 12.2 Å². The molecule has 0 aliphatic carbocycles. The lowest BCUT2D eigenvalue weighted by Crippen LogP contribution is -2.73. The molecule has 1 N–H and O–H groups in total. The third kappa shape index (κ3) is 9.28. The van der Waals surface area contributed by atoms with Crippen molar-refractivity contribution in [3.63, 3.8) is 0 Å². The monoisotopic (exact) mass is 725 g/mol. The van der Waals surface area contributed by atoms with Gasteiger partial charge in [0.15, 0.2) is 0 Å². The van der Waals surface area contributed by atoms with Crippen molar-refractivity contribution in [2.75, 3.05) is 57.3 Å². The maximum atomic E-state index is 12.1.